The predicted molar refractivity (Wildman–Crippen MR) is 102 cm³/mol. The molecule has 0 heterocycles. The number of ketones is 1. The van der Waals surface area contributed by atoms with Gasteiger partial charge in [0, 0.05) is 12.8 Å². The minimum absolute atomic E-state index is 0.0109. The van der Waals surface area contributed by atoms with Crippen molar-refractivity contribution < 1.29 is 22.8 Å². The first-order valence-corrected chi connectivity index (χ1v) is 10.5. The molecular weight excluding hydrogens is 383 g/mol. The molecule has 1 fully saturated rings. The van der Waals surface area contributed by atoms with Gasteiger partial charge in [-0.05, 0) is 61.6 Å². The summed E-state index contributed by atoms with van der Waals surface area (Å²) in [4.78, 5) is 14.3. The normalized spacial score (nSPS) is 20.5. The van der Waals surface area contributed by atoms with Crippen molar-refractivity contribution in [1.82, 2.24) is 10.0 Å². The van der Waals surface area contributed by atoms with Gasteiger partial charge >= 0.3 is 0 Å². The van der Waals surface area contributed by atoms with Gasteiger partial charge in [0.15, 0.2) is 0 Å². The zero-order valence-corrected chi connectivity index (χ0v) is 16.5. The minimum Gasteiger partial charge on any atom is -0.300 e. The fourth-order valence-corrected chi connectivity index (χ4v) is 4.55. The summed E-state index contributed by atoms with van der Waals surface area (Å²) in [5.74, 6) is -0.796. The highest BCUT2D eigenvalue weighted by Crippen LogP contribution is 2.34. The predicted octanol–water partition coefficient (Wildman–Crippen LogP) is 3.23. The first-order valence-electron chi connectivity index (χ1n) is 9.00. The largest absolute Gasteiger partial charge is 0.300 e. The molecule has 2 aromatic rings. The molecule has 28 heavy (non-hydrogen) atoms. The Balaban J connectivity index is 1.77. The summed E-state index contributed by atoms with van der Waals surface area (Å²) in [5, 5.41) is 10.8. The summed E-state index contributed by atoms with van der Waals surface area (Å²) in [7, 11) is -3.99. The Bertz CT molecular complexity index is 976. The highest BCUT2D eigenvalue weighted by atomic mass is 32.2. The molecule has 0 aromatic heterocycles. The minimum atomic E-state index is -3.99. The van der Waals surface area contributed by atoms with Crippen molar-refractivity contribution in [3.63, 3.8) is 0 Å². The number of carbonyl (C=O) groups excluding carboxylic acids is 1. The topological polar surface area (TPSA) is 86.7 Å². The maximum Gasteiger partial charge on any atom is 0.255 e. The molecule has 1 aliphatic carbocycles. The molecule has 0 aliphatic heterocycles. The van der Waals surface area contributed by atoms with Crippen molar-refractivity contribution in [2.45, 2.75) is 50.0 Å². The van der Waals surface area contributed by atoms with Crippen molar-refractivity contribution in [3.8, 4) is 0 Å². The van der Waals surface area contributed by atoms with E-state index in [2.05, 4.69) is 4.83 Å². The molecule has 2 atom stereocenters. The van der Waals surface area contributed by atoms with E-state index in [1.54, 1.807) is 18.2 Å². The van der Waals surface area contributed by atoms with E-state index < -0.39 is 21.9 Å². The molecule has 2 unspecified atom stereocenters. The fourth-order valence-electron chi connectivity index (χ4n) is 3.56. The zero-order valence-electron chi connectivity index (χ0n) is 15.7. The van der Waals surface area contributed by atoms with Crippen LogP contribution >= 0.6 is 0 Å². The number of Topliss-reactive ketones (excluding diaryl/α,β-unsaturated/α-hetero) is 1. The van der Waals surface area contributed by atoms with Gasteiger partial charge in [0.05, 0.1) is 10.9 Å². The summed E-state index contributed by atoms with van der Waals surface area (Å²) in [6.45, 7) is 3.67. The molecule has 1 aliphatic rings. The number of hydrogen-bond acceptors (Lipinski definition) is 5. The van der Waals surface area contributed by atoms with E-state index in [-0.39, 0.29) is 29.4 Å². The molecule has 0 radical (unpaired) electrons. The van der Waals surface area contributed by atoms with Gasteiger partial charge in [-0.25, -0.2) is 12.8 Å². The number of nitrogens with one attached hydrogen (secondary N) is 1. The van der Waals surface area contributed by atoms with Crippen LogP contribution in [0, 0.1) is 19.7 Å². The number of hydroxylamine groups is 1. The maximum absolute atomic E-state index is 13.7. The average Bonchev–Trinajstić information content (AvgIpc) is 2.63. The van der Waals surface area contributed by atoms with Crippen molar-refractivity contribution >= 4 is 15.8 Å². The van der Waals surface area contributed by atoms with Gasteiger partial charge in [-0.3, -0.25) is 10.0 Å². The van der Waals surface area contributed by atoms with E-state index >= 15 is 0 Å². The zero-order chi connectivity index (χ0) is 20.5. The number of aryl methyl sites for hydroxylation is 2. The van der Waals surface area contributed by atoms with E-state index in [4.69, 9.17) is 0 Å². The summed E-state index contributed by atoms with van der Waals surface area (Å²) in [6, 6.07) is 9.85. The Hall–Kier alpha value is -2.13. The Morgan fingerprint density at radius 3 is 2.46 bits per heavy atom. The summed E-state index contributed by atoms with van der Waals surface area (Å²) >= 11 is 0. The van der Waals surface area contributed by atoms with Gasteiger partial charge in [-0.15, -0.1) is 10.0 Å². The quantitative estimate of drug-likeness (QED) is 0.745. The van der Waals surface area contributed by atoms with Crippen molar-refractivity contribution in [3.05, 3.63) is 65.0 Å². The van der Waals surface area contributed by atoms with Crippen LogP contribution in [0.15, 0.2) is 47.4 Å². The number of carbonyl (C=O) groups is 1. The van der Waals surface area contributed by atoms with Gasteiger partial charge in [-0.1, -0.05) is 23.8 Å². The van der Waals surface area contributed by atoms with E-state index in [9.17, 15) is 22.8 Å². The molecule has 2 N–H and O–H groups in total. The first kappa shape index (κ1) is 20.6. The lowest BCUT2D eigenvalue weighted by Gasteiger charge is -2.33. The van der Waals surface area contributed by atoms with Crippen molar-refractivity contribution in [2.24, 2.45) is 0 Å². The van der Waals surface area contributed by atoms with Crippen LogP contribution < -0.4 is 4.83 Å². The third kappa shape index (κ3) is 4.64. The SMILES string of the molecule is Cc1ccc(S(=O)(=O)NN(O)C2CC(=O)CC(c3cc(F)ccc3C)C2)cc1. The second-order valence-corrected chi connectivity index (χ2v) is 8.95. The molecule has 1 saturated carbocycles. The maximum atomic E-state index is 13.7. The van der Waals surface area contributed by atoms with Crippen LogP contribution in [-0.4, -0.2) is 30.6 Å². The Kier molecular flexibility index (Phi) is 5.95. The third-order valence-corrected chi connectivity index (χ3v) is 6.39. The average molecular weight is 406 g/mol. The fraction of sp³-hybridized carbons (Fsp3) is 0.350. The van der Waals surface area contributed by atoms with E-state index in [1.165, 1.54) is 24.3 Å². The van der Waals surface area contributed by atoms with Crippen molar-refractivity contribution in [2.75, 3.05) is 0 Å². The molecule has 0 bridgehead atoms. The van der Waals surface area contributed by atoms with Crippen molar-refractivity contribution in [1.29, 1.82) is 0 Å². The highest BCUT2D eigenvalue weighted by Gasteiger charge is 2.34. The monoisotopic (exact) mass is 406 g/mol. The van der Waals surface area contributed by atoms with E-state index in [1.807, 2.05) is 13.8 Å². The second-order valence-electron chi connectivity index (χ2n) is 7.29. The lowest BCUT2D eigenvalue weighted by atomic mass is 9.79. The smallest absolute Gasteiger partial charge is 0.255 e. The number of hydrogen-bond donors (Lipinski definition) is 2. The first-order chi connectivity index (χ1) is 13.2. The van der Waals surface area contributed by atoms with E-state index in [0.29, 0.717) is 17.2 Å². The van der Waals surface area contributed by atoms with Gasteiger partial charge in [-0.2, -0.15) is 0 Å². The van der Waals surface area contributed by atoms with Crippen LogP contribution in [0.5, 0.6) is 0 Å². The van der Waals surface area contributed by atoms with Crippen LogP contribution in [0.1, 0.15) is 41.9 Å². The second kappa shape index (κ2) is 8.08. The summed E-state index contributed by atoms with van der Waals surface area (Å²) in [5.41, 5.74) is 2.46. The van der Waals surface area contributed by atoms with Gasteiger partial charge < -0.3 is 0 Å². The molecule has 6 nitrogen and oxygen atoms in total. The number of benzene rings is 2. The van der Waals surface area contributed by atoms with Crippen LogP contribution in [0.3, 0.4) is 0 Å². The number of hydrazine groups is 1. The molecule has 2 aromatic carbocycles. The highest BCUT2D eigenvalue weighted by molar-refractivity contribution is 7.89. The summed E-state index contributed by atoms with van der Waals surface area (Å²) in [6.07, 6.45) is 0.570. The van der Waals surface area contributed by atoms with Crippen LogP contribution in [0.2, 0.25) is 0 Å². The van der Waals surface area contributed by atoms with E-state index in [0.717, 1.165) is 11.1 Å². The van der Waals surface area contributed by atoms with Gasteiger partial charge in [0.2, 0.25) is 0 Å². The molecule has 150 valence electrons. The molecule has 0 saturated heterocycles. The molecule has 3 rings (SSSR count). The van der Waals surface area contributed by atoms with Crippen LogP contribution in [0.4, 0.5) is 4.39 Å². The molecule has 0 spiro atoms. The number of nitrogens with zero attached hydrogens (tertiary/aromatic N) is 1. The molecular formula is C20H23FN2O4S. The lowest BCUT2D eigenvalue weighted by molar-refractivity contribution is -0.162. The van der Waals surface area contributed by atoms with Gasteiger partial charge in [0.1, 0.15) is 11.6 Å². The van der Waals surface area contributed by atoms with Crippen LogP contribution in [-0.2, 0) is 14.8 Å². The lowest BCUT2D eigenvalue weighted by Crippen LogP contribution is -2.49. The van der Waals surface area contributed by atoms with Crippen LogP contribution in [0.25, 0.3) is 0 Å². The molecule has 0 amide bonds. The standard InChI is InChI=1S/C20H23FN2O4S/c1-13-3-7-19(8-4-13)28(26,27)22-23(25)17-9-15(10-18(24)12-17)20-11-16(21)6-5-14(20)2/h3-8,11,15,17,22,25H,9-10,12H2,1-2H3. The van der Waals surface area contributed by atoms with Gasteiger partial charge in [0.25, 0.3) is 10.0 Å². The number of sulfonamides is 1. The third-order valence-electron chi connectivity index (χ3n) is 5.07. The number of rotatable bonds is 5. The Morgan fingerprint density at radius 2 is 1.79 bits per heavy atom. The summed E-state index contributed by atoms with van der Waals surface area (Å²) < 4.78 is 38.6. The Labute approximate surface area is 164 Å². The molecule has 8 heteroatoms. The Morgan fingerprint density at radius 1 is 1.11 bits per heavy atom. The number of halogens is 1.